The second-order valence-electron chi connectivity index (χ2n) is 10.4. The van der Waals surface area contributed by atoms with Crippen LogP contribution in [0, 0.1) is 5.21 Å². The smallest absolute Gasteiger partial charge is 0.306 e. The minimum absolute atomic E-state index is 0.134. The number of aromatic nitrogens is 1. The first-order valence-corrected chi connectivity index (χ1v) is 11.3. The van der Waals surface area contributed by atoms with E-state index in [4.69, 9.17) is 9.47 Å². The molecule has 1 aromatic rings. The molecule has 0 aliphatic rings. The van der Waals surface area contributed by atoms with Crippen LogP contribution in [0.15, 0.2) is 24.5 Å². The summed E-state index contributed by atoms with van der Waals surface area (Å²) in [6.07, 6.45) is 8.03. The van der Waals surface area contributed by atoms with E-state index in [1.807, 2.05) is 60.6 Å². The fourth-order valence-corrected chi connectivity index (χ4v) is 3.23. The molecule has 0 aromatic carbocycles. The van der Waals surface area contributed by atoms with E-state index in [1.165, 1.54) is 0 Å². The molecule has 0 radical (unpaired) electrons. The number of pyridine rings is 1. The molecule has 1 rings (SSSR count). The number of nitrogens with zero attached hydrogens (tertiary/aromatic N) is 2. The fraction of sp³-hybridized carbons (Fsp3) is 0.680. The number of ether oxygens (including phenoxy) is 2. The van der Waals surface area contributed by atoms with Gasteiger partial charge in [0.05, 0.1) is 6.42 Å². The van der Waals surface area contributed by atoms with E-state index in [1.54, 1.807) is 18.6 Å². The van der Waals surface area contributed by atoms with E-state index in [0.29, 0.717) is 32.1 Å². The van der Waals surface area contributed by atoms with E-state index < -0.39 is 16.7 Å². The average molecular weight is 449 g/mol. The summed E-state index contributed by atoms with van der Waals surface area (Å²) in [5, 5.41) is 13.0. The van der Waals surface area contributed by atoms with Crippen molar-refractivity contribution >= 4 is 18.2 Å². The van der Waals surface area contributed by atoms with E-state index in [2.05, 4.69) is 4.98 Å². The highest BCUT2D eigenvalue weighted by molar-refractivity contribution is 5.70. The molecule has 0 fully saturated rings. The number of esters is 2. The molecule has 1 unspecified atom stereocenters. The van der Waals surface area contributed by atoms with Crippen LogP contribution in [0.3, 0.4) is 0 Å². The van der Waals surface area contributed by atoms with Crippen molar-refractivity contribution in [3.63, 3.8) is 0 Å². The highest BCUT2D eigenvalue weighted by Gasteiger charge is 2.34. The Hall–Kier alpha value is -2.44. The summed E-state index contributed by atoms with van der Waals surface area (Å²) in [5.74, 6) is -0.621. The van der Waals surface area contributed by atoms with E-state index in [0.717, 1.165) is 10.3 Å². The van der Waals surface area contributed by atoms with Gasteiger partial charge in [-0.2, -0.15) is 0 Å². The molecule has 0 bridgehead atoms. The van der Waals surface area contributed by atoms with Crippen LogP contribution in [-0.2, 0) is 25.5 Å². The van der Waals surface area contributed by atoms with Gasteiger partial charge in [0.15, 0.2) is 11.8 Å². The molecule has 32 heavy (non-hydrogen) atoms. The molecule has 7 nitrogen and oxygen atoms in total. The molecular weight excluding hydrogens is 408 g/mol. The Morgan fingerprint density at radius 1 is 1.00 bits per heavy atom. The lowest BCUT2D eigenvalue weighted by Gasteiger charge is -2.29. The first kappa shape index (κ1) is 27.6. The Balaban J connectivity index is 2.79. The highest BCUT2D eigenvalue weighted by Crippen LogP contribution is 2.26. The predicted molar refractivity (Wildman–Crippen MR) is 125 cm³/mol. The monoisotopic (exact) mass is 448 g/mol. The van der Waals surface area contributed by atoms with Crippen molar-refractivity contribution < 1.29 is 23.8 Å². The van der Waals surface area contributed by atoms with Gasteiger partial charge in [-0.3, -0.25) is 14.6 Å². The third-order valence-electron chi connectivity index (χ3n) is 4.79. The largest absolute Gasteiger partial charge is 0.624 e. The van der Waals surface area contributed by atoms with Gasteiger partial charge in [0.25, 0.3) is 0 Å². The highest BCUT2D eigenvalue weighted by atomic mass is 16.6. The maximum atomic E-state index is 13.0. The molecule has 0 aliphatic heterocycles. The third kappa shape index (κ3) is 11.8. The minimum atomic E-state index is -0.826. The number of hydrogen-bond acceptors (Lipinski definition) is 6. The lowest BCUT2D eigenvalue weighted by molar-refractivity contribution is -0.545. The number of carbonyl (C=O) groups is 2. The first-order chi connectivity index (χ1) is 14.7. The van der Waals surface area contributed by atoms with Crippen molar-refractivity contribution in [3.8, 4) is 0 Å². The zero-order valence-electron chi connectivity index (χ0n) is 20.8. The van der Waals surface area contributed by atoms with Crippen LogP contribution in [0.2, 0.25) is 0 Å². The zero-order chi connectivity index (χ0) is 24.4. The maximum absolute atomic E-state index is 13.0. The number of hydrogen-bond donors (Lipinski definition) is 0. The zero-order valence-corrected chi connectivity index (χ0v) is 20.8. The summed E-state index contributed by atoms with van der Waals surface area (Å²) in [4.78, 5) is 28.4. The molecule has 0 amide bonds. The van der Waals surface area contributed by atoms with Gasteiger partial charge < -0.3 is 14.7 Å². The van der Waals surface area contributed by atoms with Crippen LogP contribution < -0.4 is 0 Å². The maximum Gasteiger partial charge on any atom is 0.306 e. The van der Waals surface area contributed by atoms with Crippen molar-refractivity contribution in [1.29, 1.82) is 0 Å². The van der Waals surface area contributed by atoms with Gasteiger partial charge in [-0.1, -0.05) is 6.07 Å². The summed E-state index contributed by atoms with van der Waals surface area (Å²) < 4.78 is 11.7. The van der Waals surface area contributed by atoms with Crippen molar-refractivity contribution in [1.82, 2.24) is 4.98 Å². The number of aryl methyl sites for hydroxylation is 1. The van der Waals surface area contributed by atoms with Crippen LogP contribution >= 0.6 is 0 Å². The molecule has 1 aromatic heterocycles. The second-order valence-corrected chi connectivity index (χ2v) is 10.4. The Bertz CT molecular complexity index is 763. The standard InChI is InChI=1S/C25H40N2O5/c1-23(2,3)31-21(28)13-8-15-25(7,16-14-22(29)32-24(4,5)6)27(30)18-10-12-20-11-9-17-26-19-20/h9,11,17-19H,8,10,12-16H2,1-7H3/b27-18-. The molecule has 0 N–H and O–H groups in total. The molecular formula is C25H40N2O5. The lowest BCUT2D eigenvalue weighted by Crippen LogP contribution is -2.38. The summed E-state index contributed by atoms with van der Waals surface area (Å²) in [6, 6.07) is 3.84. The Morgan fingerprint density at radius 2 is 1.59 bits per heavy atom. The van der Waals surface area contributed by atoms with Gasteiger partial charge >= 0.3 is 11.9 Å². The third-order valence-corrected chi connectivity index (χ3v) is 4.79. The topological polar surface area (TPSA) is 91.6 Å². The van der Waals surface area contributed by atoms with Crippen molar-refractivity contribution in [2.24, 2.45) is 0 Å². The van der Waals surface area contributed by atoms with E-state index >= 15 is 0 Å². The summed E-state index contributed by atoms with van der Waals surface area (Å²) >= 11 is 0. The summed E-state index contributed by atoms with van der Waals surface area (Å²) in [6.45, 7) is 12.8. The summed E-state index contributed by atoms with van der Waals surface area (Å²) in [5.41, 5.74) is -0.884. The normalized spacial score (nSPS) is 14.5. The molecule has 0 saturated carbocycles. The van der Waals surface area contributed by atoms with Crippen LogP contribution in [-0.4, -0.2) is 44.6 Å². The molecule has 1 heterocycles. The SMILES string of the molecule is CC(C)(C)OC(=O)CCCC(C)(CCC(=O)OC(C)(C)C)/[N+]([O-])=C/CCc1cccnc1. The quantitative estimate of drug-likeness (QED) is 0.156. The second kappa shape index (κ2) is 12.0. The molecule has 0 aliphatic carbocycles. The molecule has 1 atom stereocenters. The van der Waals surface area contributed by atoms with Crippen LogP contribution in [0.1, 0.15) is 92.6 Å². The van der Waals surface area contributed by atoms with Crippen LogP contribution in [0.25, 0.3) is 0 Å². The Morgan fingerprint density at radius 3 is 2.12 bits per heavy atom. The molecule has 7 heteroatoms. The van der Waals surface area contributed by atoms with Gasteiger partial charge in [-0.05, 0) is 66.0 Å². The van der Waals surface area contributed by atoms with Crippen molar-refractivity contribution in [2.45, 2.75) is 110 Å². The predicted octanol–water partition coefficient (Wildman–Crippen LogP) is 4.99. The fourth-order valence-electron chi connectivity index (χ4n) is 3.23. The van der Waals surface area contributed by atoms with E-state index in [-0.39, 0.29) is 24.8 Å². The van der Waals surface area contributed by atoms with Gasteiger partial charge in [-0.25, -0.2) is 4.74 Å². The van der Waals surface area contributed by atoms with Gasteiger partial charge in [-0.15, -0.1) is 0 Å². The van der Waals surface area contributed by atoms with Gasteiger partial charge in [0.1, 0.15) is 11.2 Å². The first-order valence-electron chi connectivity index (χ1n) is 11.3. The molecule has 0 spiro atoms. The minimum Gasteiger partial charge on any atom is -0.624 e. The number of carbonyl (C=O) groups excluding carboxylic acids is 2. The Kier molecular flexibility index (Phi) is 10.3. The van der Waals surface area contributed by atoms with Crippen LogP contribution in [0.4, 0.5) is 0 Å². The number of rotatable bonds is 11. The summed E-state index contributed by atoms with van der Waals surface area (Å²) in [7, 11) is 0. The molecule has 0 saturated heterocycles. The van der Waals surface area contributed by atoms with Crippen LogP contribution in [0.5, 0.6) is 0 Å². The number of hydroxylamine groups is 1. The molecule has 180 valence electrons. The van der Waals surface area contributed by atoms with Gasteiger partial charge in [0.2, 0.25) is 0 Å². The average Bonchev–Trinajstić information content (AvgIpc) is 2.64. The lowest BCUT2D eigenvalue weighted by atomic mass is 9.89. The van der Waals surface area contributed by atoms with Crippen molar-refractivity contribution in [3.05, 3.63) is 35.3 Å². The van der Waals surface area contributed by atoms with Gasteiger partial charge in [0, 0.05) is 45.0 Å². The van der Waals surface area contributed by atoms with E-state index in [9.17, 15) is 14.8 Å². The Labute approximate surface area is 192 Å². The van der Waals surface area contributed by atoms with Crippen molar-refractivity contribution in [2.75, 3.05) is 0 Å².